The molecular weight excluding hydrogens is 388 g/mol. The van der Waals surface area contributed by atoms with Crippen LogP contribution in [0, 0.1) is 5.92 Å². The molecule has 0 aliphatic carbocycles. The van der Waals surface area contributed by atoms with Gasteiger partial charge in [0.1, 0.15) is 12.3 Å². The van der Waals surface area contributed by atoms with Gasteiger partial charge in [0.25, 0.3) is 0 Å². The Morgan fingerprint density at radius 1 is 1.27 bits per heavy atom. The normalized spacial score (nSPS) is 24.2. The molecule has 3 aliphatic heterocycles. The molecule has 1 fully saturated rings. The van der Waals surface area contributed by atoms with Crippen LogP contribution in [0.15, 0.2) is 53.3 Å². The Morgan fingerprint density at radius 3 is 2.60 bits per heavy atom. The molecule has 0 bridgehead atoms. The van der Waals surface area contributed by atoms with E-state index in [9.17, 15) is 24.6 Å². The van der Waals surface area contributed by atoms with Gasteiger partial charge in [0.15, 0.2) is 0 Å². The smallest absolute Gasteiger partial charge is 0.410 e. The first-order chi connectivity index (χ1) is 14.4. The van der Waals surface area contributed by atoms with E-state index in [-0.39, 0.29) is 24.3 Å². The van der Waals surface area contributed by atoms with Crippen LogP contribution in [0.5, 0.6) is 0 Å². The Balaban J connectivity index is 1.43. The number of aliphatic hydroxyl groups excluding tert-OH is 1. The van der Waals surface area contributed by atoms with Gasteiger partial charge in [0.05, 0.1) is 18.1 Å². The molecule has 1 aromatic rings. The molecule has 4 rings (SSSR count). The van der Waals surface area contributed by atoms with Gasteiger partial charge in [0, 0.05) is 13.1 Å². The molecule has 30 heavy (non-hydrogen) atoms. The molecule has 158 valence electrons. The van der Waals surface area contributed by atoms with E-state index >= 15 is 0 Å². The quantitative estimate of drug-likeness (QED) is 0.716. The van der Waals surface area contributed by atoms with Crippen molar-refractivity contribution in [1.29, 1.82) is 0 Å². The van der Waals surface area contributed by atoms with Gasteiger partial charge in [-0.25, -0.2) is 9.59 Å². The van der Waals surface area contributed by atoms with Gasteiger partial charge in [-0.15, -0.1) is 0 Å². The first-order valence-electron chi connectivity index (χ1n) is 10.0. The van der Waals surface area contributed by atoms with E-state index < -0.39 is 24.1 Å². The van der Waals surface area contributed by atoms with Crippen LogP contribution in [0.1, 0.15) is 25.3 Å². The Hall–Kier alpha value is -3.13. The van der Waals surface area contributed by atoms with E-state index in [1.807, 2.05) is 36.4 Å². The maximum atomic E-state index is 12.3. The number of hydrogen-bond donors (Lipinski definition) is 2. The van der Waals surface area contributed by atoms with Gasteiger partial charge in [-0.1, -0.05) is 36.4 Å². The summed E-state index contributed by atoms with van der Waals surface area (Å²) in [4.78, 5) is 39.4. The maximum absolute atomic E-state index is 12.3. The number of aliphatic carboxylic acids is 1. The molecule has 3 atom stereocenters. The highest BCUT2D eigenvalue weighted by Gasteiger charge is 2.56. The molecule has 3 heterocycles. The summed E-state index contributed by atoms with van der Waals surface area (Å²) in [7, 11) is 0. The van der Waals surface area contributed by atoms with Crippen molar-refractivity contribution in [2.45, 2.75) is 38.5 Å². The number of rotatable bonds is 5. The Bertz CT molecular complexity index is 936. The summed E-state index contributed by atoms with van der Waals surface area (Å²) in [5, 5.41) is 19.5. The minimum Gasteiger partial charge on any atom is -0.477 e. The molecule has 2 amide bonds. The fourth-order valence-electron chi connectivity index (χ4n) is 4.48. The highest BCUT2D eigenvalue weighted by atomic mass is 16.6. The second kappa shape index (κ2) is 7.95. The van der Waals surface area contributed by atoms with Crippen molar-refractivity contribution < 1.29 is 29.3 Å². The SMILES string of the molecule is C[C@@H](O)[C@H]1C(=O)N2C(C(=O)O)=C(C3=CCN(C(=O)OCc4ccccc4)CC3)C[C@H]12. The molecule has 8 nitrogen and oxygen atoms in total. The minimum absolute atomic E-state index is 0.00764. The molecule has 0 spiro atoms. The van der Waals surface area contributed by atoms with Crippen LogP contribution < -0.4 is 0 Å². The summed E-state index contributed by atoms with van der Waals surface area (Å²) in [6.07, 6.45) is 1.50. The van der Waals surface area contributed by atoms with E-state index in [0.717, 1.165) is 11.1 Å². The number of hydrogen-bond acceptors (Lipinski definition) is 5. The number of ether oxygens (including phenoxy) is 1. The van der Waals surface area contributed by atoms with Gasteiger partial charge in [-0.05, 0) is 36.5 Å². The van der Waals surface area contributed by atoms with E-state index in [0.29, 0.717) is 31.5 Å². The highest BCUT2D eigenvalue weighted by Crippen LogP contribution is 2.46. The number of fused-ring (bicyclic) bond motifs is 1. The zero-order valence-corrected chi connectivity index (χ0v) is 16.7. The van der Waals surface area contributed by atoms with Crippen molar-refractivity contribution in [2.75, 3.05) is 13.1 Å². The van der Waals surface area contributed by atoms with Crippen LogP contribution >= 0.6 is 0 Å². The number of β-lactam (4-membered cyclic amide) rings is 1. The highest BCUT2D eigenvalue weighted by molar-refractivity contribution is 6.00. The monoisotopic (exact) mass is 412 g/mol. The number of nitrogens with zero attached hydrogens (tertiary/aromatic N) is 2. The Kier molecular flexibility index (Phi) is 5.34. The second-order valence-electron chi connectivity index (χ2n) is 7.84. The average molecular weight is 412 g/mol. The molecule has 0 saturated carbocycles. The summed E-state index contributed by atoms with van der Waals surface area (Å²) in [6.45, 7) is 2.48. The van der Waals surface area contributed by atoms with Crippen molar-refractivity contribution in [2.24, 2.45) is 5.92 Å². The third-order valence-electron chi connectivity index (χ3n) is 5.99. The fraction of sp³-hybridized carbons (Fsp3) is 0.409. The molecule has 3 aliphatic rings. The van der Waals surface area contributed by atoms with Crippen LogP contribution in [0.25, 0.3) is 0 Å². The molecular formula is C22H24N2O6. The number of amides is 2. The minimum atomic E-state index is -1.14. The topological polar surface area (TPSA) is 107 Å². The lowest BCUT2D eigenvalue weighted by molar-refractivity contribution is -0.161. The fourth-order valence-corrected chi connectivity index (χ4v) is 4.48. The van der Waals surface area contributed by atoms with Crippen LogP contribution in [-0.2, 0) is 20.9 Å². The van der Waals surface area contributed by atoms with E-state index in [4.69, 9.17) is 4.74 Å². The van der Waals surface area contributed by atoms with Crippen LogP contribution in [0.4, 0.5) is 4.79 Å². The van der Waals surface area contributed by atoms with Crippen molar-refractivity contribution >= 4 is 18.0 Å². The van der Waals surface area contributed by atoms with Crippen LogP contribution in [0.2, 0.25) is 0 Å². The lowest BCUT2D eigenvalue weighted by Crippen LogP contribution is -2.61. The standard InChI is InChI=1S/C22H24N2O6/c1-13(25)18-17-11-16(19(21(27)28)24(17)20(18)26)15-7-9-23(10-8-15)22(29)30-12-14-5-3-2-4-6-14/h2-7,13,17-18,25H,8-12H2,1H3,(H,27,28)/t13-,17-,18-/m1/s1. The first kappa shape index (κ1) is 20.2. The molecule has 1 saturated heterocycles. The number of benzene rings is 1. The van der Waals surface area contributed by atoms with Gasteiger partial charge in [-0.2, -0.15) is 0 Å². The molecule has 8 heteroatoms. The van der Waals surface area contributed by atoms with Crippen molar-refractivity contribution in [3.8, 4) is 0 Å². The summed E-state index contributed by atoms with van der Waals surface area (Å²) in [5.41, 5.74) is 2.38. The maximum Gasteiger partial charge on any atom is 0.410 e. The molecule has 0 aromatic heterocycles. The number of carboxylic acids is 1. The predicted octanol–water partition coefficient (Wildman–Crippen LogP) is 1.91. The molecule has 0 radical (unpaired) electrons. The first-order valence-corrected chi connectivity index (χ1v) is 10.0. The van der Waals surface area contributed by atoms with Crippen LogP contribution in [0.3, 0.4) is 0 Å². The third kappa shape index (κ3) is 3.47. The number of carboxylic acid groups (broad SMARTS) is 1. The predicted molar refractivity (Wildman–Crippen MR) is 106 cm³/mol. The van der Waals surface area contributed by atoms with E-state index in [1.165, 1.54) is 4.90 Å². The van der Waals surface area contributed by atoms with Crippen LogP contribution in [-0.4, -0.2) is 63.2 Å². The van der Waals surface area contributed by atoms with E-state index in [2.05, 4.69) is 0 Å². The van der Waals surface area contributed by atoms with Crippen molar-refractivity contribution in [3.63, 3.8) is 0 Å². The van der Waals surface area contributed by atoms with Gasteiger partial charge in [0.2, 0.25) is 5.91 Å². The summed E-state index contributed by atoms with van der Waals surface area (Å²) >= 11 is 0. The third-order valence-corrected chi connectivity index (χ3v) is 5.99. The zero-order valence-electron chi connectivity index (χ0n) is 16.7. The van der Waals surface area contributed by atoms with E-state index in [1.54, 1.807) is 11.8 Å². The summed E-state index contributed by atoms with van der Waals surface area (Å²) in [6, 6.07) is 9.10. The number of carbonyl (C=O) groups is 3. The average Bonchev–Trinajstić information content (AvgIpc) is 3.08. The lowest BCUT2D eigenvalue weighted by atomic mass is 9.82. The Morgan fingerprint density at radius 2 is 2.00 bits per heavy atom. The van der Waals surface area contributed by atoms with Crippen molar-refractivity contribution in [3.05, 3.63) is 58.8 Å². The van der Waals surface area contributed by atoms with Gasteiger partial charge >= 0.3 is 12.1 Å². The molecule has 0 unspecified atom stereocenters. The van der Waals surface area contributed by atoms with Gasteiger partial charge in [-0.3, -0.25) is 4.79 Å². The molecule has 2 N–H and O–H groups in total. The number of aliphatic hydroxyl groups is 1. The summed E-state index contributed by atoms with van der Waals surface area (Å²) < 4.78 is 5.36. The Labute approximate surface area is 174 Å². The van der Waals surface area contributed by atoms with Crippen molar-refractivity contribution in [1.82, 2.24) is 9.80 Å². The zero-order chi connectivity index (χ0) is 21.4. The lowest BCUT2D eigenvalue weighted by Gasteiger charge is -2.44. The summed E-state index contributed by atoms with van der Waals surface area (Å²) in [5.74, 6) is -2.05. The number of carbonyl (C=O) groups excluding carboxylic acids is 2. The largest absolute Gasteiger partial charge is 0.477 e. The molecule has 1 aromatic carbocycles. The van der Waals surface area contributed by atoms with Gasteiger partial charge < -0.3 is 24.7 Å². The second-order valence-corrected chi connectivity index (χ2v) is 7.84.